The Hall–Kier alpha value is -2.09. The Morgan fingerprint density at radius 1 is 1.30 bits per heavy atom. The second kappa shape index (κ2) is 8.16. The summed E-state index contributed by atoms with van der Waals surface area (Å²) >= 11 is 1.55. The van der Waals surface area contributed by atoms with Crippen molar-refractivity contribution in [1.82, 2.24) is 16.0 Å². The lowest BCUT2D eigenvalue weighted by Gasteiger charge is -2.15. The Kier molecular flexibility index (Phi) is 6.51. The predicted octanol–water partition coefficient (Wildman–Crippen LogP) is 0.699. The molecule has 0 aliphatic rings. The summed E-state index contributed by atoms with van der Waals surface area (Å²) in [4.78, 5) is 34.1. The fraction of sp³-hybridized carbons (Fsp3) is 0.417. The van der Waals surface area contributed by atoms with E-state index < -0.39 is 24.5 Å². The average molecular weight is 299 g/mol. The van der Waals surface area contributed by atoms with Crippen molar-refractivity contribution in [2.75, 3.05) is 13.1 Å². The molecule has 1 heterocycles. The van der Waals surface area contributed by atoms with Gasteiger partial charge >= 0.3 is 12.0 Å². The summed E-state index contributed by atoms with van der Waals surface area (Å²) in [7, 11) is 0. The fourth-order valence-electron chi connectivity index (χ4n) is 1.47. The minimum Gasteiger partial charge on any atom is -0.480 e. The Balaban J connectivity index is 2.32. The minimum absolute atomic E-state index is 0.0999. The van der Waals surface area contributed by atoms with Crippen molar-refractivity contribution >= 4 is 29.2 Å². The molecule has 1 atom stereocenters. The van der Waals surface area contributed by atoms with Gasteiger partial charge in [0, 0.05) is 4.88 Å². The first-order valence-electron chi connectivity index (χ1n) is 6.09. The number of hydrogen-bond acceptors (Lipinski definition) is 4. The van der Waals surface area contributed by atoms with E-state index in [9.17, 15) is 14.4 Å². The highest BCUT2D eigenvalue weighted by Gasteiger charge is 2.14. The molecule has 0 fully saturated rings. The molecule has 4 N–H and O–H groups in total. The lowest BCUT2D eigenvalue weighted by atomic mass is 10.2. The molecule has 0 radical (unpaired) electrons. The third kappa shape index (κ3) is 5.70. The summed E-state index contributed by atoms with van der Waals surface area (Å²) in [6.45, 7) is 1.22. The van der Waals surface area contributed by atoms with Crippen molar-refractivity contribution in [3.63, 3.8) is 0 Å². The second-order valence-electron chi connectivity index (χ2n) is 3.97. The number of thiophene rings is 1. The zero-order chi connectivity index (χ0) is 15.0. The van der Waals surface area contributed by atoms with Gasteiger partial charge in [0.25, 0.3) is 0 Å². The van der Waals surface area contributed by atoms with Gasteiger partial charge in [-0.05, 0) is 17.9 Å². The Morgan fingerprint density at radius 2 is 2.05 bits per heavy atom. The van der Waals surface area contributed by atoms with E-state index >= 15 is 0 Å². The SMILES string of the molecule is CCC(NC(=O)NCC(=O)NCC(=O)O)c1cccs1. The number of carboxylic acids is 1. The van der Waals surface area contributed by atoms with Crippen LogP contribution in [0.2, 0.25) is 0 Å². The first kappa shape index (κ1) is 16.0. The van der Waals surface area contributed by atoms with Crippen LogP contribution in [0.3, 0.4) is 0 Å². The maximum atomic E-state index is 11.6. The van der Waals surface area contributed by atoms with Crippen LogP contribution < -0.4 is 16.0 Å². The van der Waals surface area contributed by atoms with E-state index in [-0.39, 0.29) is 12.6 Å². The van der Waals surface area contributed by atoms with Gasteiger partial charge in [-0.25, -0.2) is 4.79 Å². The molecule has 0 aliphatic carbocycles. The highest BCUT2D eigenvalue weighted by Crippen LogP contribution is 2.21. The molecule has 20 heavy (non-hydrogen) atoms. The molecular weight excluding hydrogens is 282 g/mol. The maximum Gasteiger partial charge on any atom is 0.322 e. The Labute approximate surface area is 120 Å². The van der Waals surface area contributed by atoms with Crippen LogP contribution in [-0.4, -0.2) is 36.1 Å². The number of carbonyl (C=O) groups excluding carboxylic acids is 2. The molecule has 0 aliphatic heterocycles. The highest BCUT2D eigenvalue weighted by molar-refractivity contribution is 7.10. The normalized spacial score (nSPS) is 11.4. The van der Waals surface area contributed by atoms with Crippen molar-refractivity contribution in [2.45, 2.75) is 19.4 Å². The number of aliphatic carboxylic acids is 1. The van der Waals surface area contributed by atoms with Crippen molar-refractivity contribution in [3.8, 4) is 0 Å². The van der Waals surface area contributed by atoms with Gasteiger partial charge in [0.05, 0.1) is 12.6 Å². The van der Waals surface area contributed by atoms with Crippen LogP contribution in [0.4, 0.5) is 4.79 Å². The predicted molar refractivity (Wildman–Crippen MR) is 74.5 cm³/mol. The maximum absolute atomic E-state index is 11.6. The van der Waals surface area contributed by atoms with Crippen LogP contribution in [-0.2, 0) is 9.59 Å². The van der Waals surface area contributed by atoms with Crippen molar-refractivity contribution < 1.29 is 19.5 Å². The van der Waals surface area contributed by atoms with E-state index in [4.69, 9.17) is 5.11 Å². The van der Waals surface area contributed by atoms with E-state index in [0.29, 0.717) is 0 Å². The molecule has 0 spiro atoms. The average Bonchev–Trinajstić information content (AvgIpc) is 2.94. The zero-order valence-electron chi connectivity index (χ0n) is 11.0. The Morgan fingerprint density at radius 3 is 2.60 bits per heavy atom. The van der Waals surface area contributed by atoms with Gasteiger partial charge in [-0.15, -0.1) is 11.3 Å². The zero-order valence-corrected chi connectivity index (χ0v) is 11.8. The number of urea groups is 1. The van der Waals surface area contributed by atoms with Gasteiger partial charge < -0.3 is 21.1 Å². The van der Waals surface area contributed by atoms with Gasteiger partial charge in [0.1, 0.15) is 6.54 Å². The molecule has 0 bridgehead atoms. The van der Waals surface area contributed by atoms with Gasteiger partial charge in [0.2, 0.25) is 5.91 Å². The van der Waals surface area contributed by atoms with Gasteiger partial charge in [-0.1, -0.05) is 13.0 Å². The molecule has 8 heteroatoms. The van der Waals surface area contributed by atoms with Crippen LogP contribution in [0.25, 0.3) is 0 Å². The lowest BCUT2D eigenvalue weighted by Crippen LogP contribution is -2.43. The number of rotatable bonds is 7. The van der Waals surface area contributed by atoms with Gasteiger partial charge in [-0.3, -0.25) is 9.59 Å². The van der Waals surface area contributed by atoms with E-state index in [1.165, 1.54) is 0 Å². The number of nitrogens with one attached hydrogen (secondary N) is 3. The largest absolute Gasteiger partial charge is 0.480 e. The van der Waals surface area contributed by atoms with Crippen LogP contribution in [0.15, 0.2) is 17.5 Å². The van der Waals surface area contributed by atoms with E-state index in [1.54, 1.807) is 11.3 Å². The summed E-state index contributed by atoms with van der Waals surface area (Å²) in [5, 5.41) is 17.6. The first-order chi connectivity index (χ1) is 9.52. The van der Waals surface area contributed by atoms with E-state index in [1.807, 2.05) is 24.4 Å². The van der Waals surface area contributed by atoms with Crippen LogP contribution in [0, 0.1) is 0 Å². The first-order valence-corrected chi connectivity index (χ1v) is 6.97. The molecule has 0 aromatic carbocycles. The van der Waals surface area contributed by atoms with Crippen LogP contribution >= 0.6 is 11.3 Å². The standard InChI is InChI=1S/C12H17N3O4S/c1-2-8(9-4-3-5-20-9)15-12(19)14-6-10(16)13-7-11(17)18/h3-5,8H,2,6-7H2,1H3,(H,13,16)(H,17,18)(H2,14,15,19). The van der Waals surface area contributed by atoms with Crippen LogP contribution in [0.5, 0.6) is 0 Å². The molecule has 1 aromatic rings. The second-order valence-corrected chi connectivity index (χ2v) is 4.95. The molecule has 1 aromatic heterocycles. The van der Waals surface area contributed by atoms with Gasteiger partial charge in [0.15, 0.2) is 0 Å². The van der Waals surface area contributed by atoms with E-state index in [2.05, 4.69) is 16.0 Å². The third-order valence-corrected chi connectivity index (χ3v) is 3.43. The summed E-state index contributed by atoms with van der Waals surface area (Å²) in [6.07, 6.45) is 0.735. The number of amides is 3. The quantitative estimate of drug-likeness (QED) is 0.594. The van der Waals surface area contributed by atoms with Crippen molar-refractivity contribution in [1.29, 1.82) is 0 Å². The lowest BCUT2D eigenvalue weighted by molar-refractivity contribution is -0.137. The highest BCUT2D eigenvalue weighted by atomic mass is 32.1. The summed E-state index contributed by atoms with van der Waals surface area (Å²) < 4.78 is 0. The summed E-state index contributed by atoms with van der Waals surface area (Å²) in [5.74, 6) is -1.68. The molecule has 1 unspecified atom stereocenters. The monoisotopic (exact) mass is 299 g/mol. The van der Waals surface area contributed by atoms with Crippen molar-refractivity contribution in [2.24, 2.45) is 0 Å². The van der Waals surface area contributed by atoms with Gasteiger partial charge in [-0.2, -0.15) is 0 Å². The Bertz CT molecular complexity index is 461. The van der Waals surface area contributed by atoms with E-state index in [0.717, 1.165) is 11.3 Å². The van der Waals surface area contributed by atoms with Crippen LogP contribution in [0.1, 0.15) is 24.3 Å². The molecule has 7 nitrogen and oxygen atoms in total. The fourth-order valence-corrected chi connectivity index (χ4v) is 2.33. The molecule has 110 valence electrons. The molecule has 3 amide bonds. The topological polar surface area (TPSA) is 108 Å². The molecule has 0 saturated carbocycles. The smallest absolute Gasteiger partial charge is 0.322 e. The molecule has 0 saturated heterocycles. The number of carbonyl (C=O) groups is 3. The summed E-state index contributed by atoms with van der Waals surface area (Å²) in [5.41, 5.74) is 0. The minimum atomic E-state index is -1.13. The number of hydrogen-bond donors (Lipinski definition) is 4. The van der Waals surface area contributed by atoms with Crippen molar-refractivity contribution in [3.05, 3.63) is 22.4 Å². The third-order valence-electron chi connectivity index (χ3n) is 2.45. The molecule has 1 rings (SSSR count). The summed E-state index contributed by atoms with van der Waals surface area (Å²) in [6, 6.07) is 3.27. The molecular formula is C12H17N3O4S. The number of carboxylic acid groups (broad SMARTS) is 1.